The van der Waals surface area contributed by atoms with Gasteiger partial charge in [-0.2, -0.15) is 21.1 Å². The summed E-state index contributed by atoms with van der Waals surface area (Å²) in [5.41, 5.74) is 3.08. The normalized spacial score (nSPS) is 17.4. The molecule has 116 valence electrons. The van der Waals surface area contributed by atoms with E-state index in [1.165, 1.54) is 5.56 Å². The number of rotatable bonds is 2. The van der Waals surface area contributed by atoms with Crippen molar-refractivity contribution >= 4 is 34.8 Å². The van der Waals surface area contributed by atoms with E-state index in [0.717, 1.165) is 11.3 Å². The monoisotopic (exact) mass is 343 g/mol. The highest BCUT2D eigenvalue weighted by molar-refractivity contribution is 8.00. The molecule has 1 aliphatic rings. The van der Waals surface area contributed by atoms with Gasteiger partial charge in [0.25, 0.3) is 5.95 Å². The molecule has 0 radical (unpaired) electrons. The minimum atomic E-state index is -0.0361. The smallest absolute Gasteiger partial charge is 0.252 e. The molecule has 1 atom stereocenters. The highest BCUT2D eigenvalue weighted by Crippen LogP contribution is 2.44. The van der Waals surface area contributed by atoms with Crippen LogP contribution in [0.4, 0.5) is 5.82 Å². The van der Waals surface area contributed by atoms with E-state index in [9.17, 15) is 4.79 Å². The molecule has 0 fully saturated rings. The maximum Gasteiger partial charge on any atom is 0.252 e. The summed E-state index contributed by atoms with van der Waals surface area (Å²) in [6, 6.07) is 3.85. The van der Waals surface area contributed by atoms with E-state index in [4.69, 9.17) is 0 Å². The van der Waals surface area contributed by atoms with Crippen LogP contribution in [0, 0.1) is 6.92 Å². The van der Waals surface area contributed by atoms with E-state index in [2.05, 4.69) is 37.2 Å². The SMILES string of the molecule is Cc1nn(-c2ncccn2)c2c1[C@H](c1ccsc1)SCC(=O)N2. The van der Waals surface area contributed by atoms with E-state index >= 15 is 0 Å². The molecule has 0 aliphatic carbocycles. The molecular weight excluding hydrogens is 330 g/mol. The number of anilines is 1. The van der Waals surface area contributed by atoms with Crippen LogP contribution in [0.3, 0.4) is 0 Å². The number of hydrogen-bond acceptors (Lipinski definition) is 6. The average Bonchev–Trinajstić information content (AvgIpc) is 3.15. The second kappa shape index (κ2) is 5.78. The lowest BCUT2D eigenvalue weighted by atomic mass is 10.1. The Morgan fingerprint density at radius 3 is 2.91 bits per heavy atom. The van der Waals surface area contributed by atoms with Gasteiger partial charge in [-0.3, -0.25) is 4.79 Å². The molecule has 4 rings (SSSR count). The first-order valence-electron chi connectivity index (χ1n) is 7.04. The Hall–Kier alpha value is -2.19. The summed E-state index contributed by atoms with van der Waals surface area (Å²) in [7, 11) is 0. The summed E-state index contributed by atoms with van der Waals surface area (Å²) in [4.78, 5) is 20.6. The van der Waals surface area contributed by atoms with Crippen LogP contribution in [-0.2, 0) is 4.79 Å². The van der Waals surface area contributed by atoms with Gasteiger partial charge in [-0.1, -0.05) is 0 Å². The largest absolute Gasteiger partial charge is 0.309 e. The minimum absolute atomic E-state index is 0.0361. The van der Waals surface area contributed by atoms with E-state index in [1.807, 2.05) is 6.92 Å². The number of carbonyl (C=O) groups excluding carboxylic acids is 1. The number of nitrogens with zero attached hydrogens (tertiary/aromatic N) is 4. The van der Waals surface area contributed by atoms with E-state index in [0.29, 0.717) is 17.5 Å². The number of aryl methyl sites for hydroxylation is 1. The standard InChI is InChI=1S/C15H13N5OS2/c1-9-12-13(10-3-6-22-7-10)23-8-11(21)18-14(12)20(19-9)15-16-4-2-5-17-15/h2-7,13H,8H2,1H3,(H,18,21)/t13-/m0/s1. The van der Waals surface area contributed by atoms with Crippen molar-refractivity contribution in [2.45, 2.75) is 12.2 Å². The van der Waals surface area contributed by atoms with Crippen LogP contribution in [0.5, 0.6) is 0 Å². The van der Waals surface area contributed by atoms with Gasteiger partial charge in [0.2, 0.25) is 5.91 Å². The van der Waals surface area contributed by atoms with Crippen molar-refractivity contribution in [2.75, 3.05) is 11.1 Å². The van der Waals surface area contributed by atoms with Crippen molar-refractivity contribution in [3.63, 3.8) is 0 Å². The first-order chi connectivity index (χ1) is 11.2. The molecule has 0 unspecified atom stereocenters. The average molecular weight is 343 g/mol. The quantitative estimate of drug-likeness (QED) is 0.774. The third kappa shape index (κ3) is 2.53. The number of thiophene rings is 1. The Morgan fingerprint density at radius 1 is 1.35 bits per heavy atom. The number of thioether (sulfide) groups is 1. The van der Waals surface area contributed by atoms with Gasteiger partial charge in [-0.05, 0) is 35.4 Å². The molecule has 3 aromatic heterocycles. The van der Waals surface area contributed by atoms with Gasteiger partial charge in [0, 0.05) is 18.0 Å². The van der Waals surface area contributed by atoms with Crippen molar-refractivity contribution in [3.8, 4) is 5.95 Å². The molecule has 1 amide bonds. The molecule has 8 heteroatoms. The summed E-state index contributed by atoms with van der Waals surface area (Å²) < 4.78 is 1.62. The predicted octanol–water partition coefficient (Wildman–Crippen LogP) is 2.81. The Kier molecular flexibility index (Phi) is 3.62. The highest BCUT2D eigenvalue weighted by Gasteiger charge is 2.31. The molecule has 0 spiro atoms. The number of fused-ring (bicyclic) bond motifs is 1. The van der Waals surface area contributed by atoms with Gasteiger partial charge in [0.05, 0.1) is 16.7 Å². The van der Waals surface area contributed by atoms with Crippen molar-refractivity contribution in [1.82, 2.24) is 19.7 Å². The Morgan fingerprint density at radius 2 is 2.17 bits per heavy atom. The molecule has 0 saturated carbocycles. The Bertz CT molecular complexity index is 844. The maximum absolute atomic E-state index is 12.1. The van der Waals surface area contributed by atoms with E-state index in [1.54, 1.807) is 46.2 Å². The zero-order valence-electron chi connectivity index (χ0n) is 12.3. The Balaban J connectivity index is 1.91. The molecule has 3 aromatic rings. The summed E-state index contributed by atoms with van der Waals surface area (Å²) in [5.74, 6) is 1.49. The van der Waals surface area contributed by atoms with Crippen LogP contribution in [0.1, 0.15) is 22.1 Å². The van der Waals surface area contributed by atoms with Gasteiger partial charge in [0.15, 0.2) is 0 Å². The van der Waals surface area contributed by atoms with Gasteiger partial charge >= 0.3 is 0 Å². The van der Waals surface area contributed by atoms with Gasteiger partial charge in [-0.15, -0.1) is 11.8 Å². The fraction of sp³-hybridized carbons (Fsp3) is 0.200. The first kappa shape index (κ1) is 14.4. The number of aromatic nitrogens is 4. The fourth-order valence-corrected chi connectivity index (χ4v) is 4.57. The van der Waals surface area contributed by atoms with Crippen molar-refractivity contribution < 1.29 is 4.79 Å². The minimum Gasteiger partial charge on any atom is -0.309 e. The number of carbonyl (C=O) groups is 1. The lowest BCUT2D eigenvalue weighted by Crippen LogP contribution is -2.16. The molecule has 0 aromatic carbocycles. The molecule has 23 heavy (non-hydrogen) atoms. The molecule has 4 heterocycles. The van der Waals surface area contributed by atoms with Crippen LogP contribution in [0.2, 0.25) is 0 Å². The highest BCUT2D eigenvalue weighted by atomic mass is 32.2. The van der Waals surface area contributed by atoms with Crippen LogP contribution in [0.25, 0.3) is 5.95 Å². The van der Waals surface area contributed by atoms with Crippen LogP contribution in [0.15, 0.2) is 35.3 Å². The summed E-state index contributed by atoms with van der Waals surface area (Å²) in [5, 5.41) is 11.8. The number of hydrogen-bond donors (Lipinski definition) is 1. The zero-order chi connectivity index (χ0) is 15.8. The van der Waals surface area contributed by atoms with E-state index < -0.39 is 0 Å². The fourth-order valence-electron chi connectivity index (χ4n) is 2.62. The van der Waals surface area contributed by atoms with Crippen LogP contribution < -0.4 is 5.32 Å². The second-order valence-electron chi connectivity index (χ2n) is 5.10. The summed E-state index contributed by atoms with van der Waals surface area (Å²) in [6.45, 7) is 1.95. The third-order valence-corrected chi connectivity index (χ3v) is 5.57. The predicted molar refractivity (Wildman–Crippen MR) is 91.1 cm³/mol. The molecule has 1 aliphatic heterocycles. The third-order valence-electron chi connectivity index (χ3n) is 3.60. The van der Waals surface area contributed by atoms with Crippen LogP contribution in [-0.4, -0.2) is 31.4 Å². The lowest BCUT2D eigenvalue weighted by molar-refractivity contribution is -0.113. The zero-order valence-corrected chi connectivity index (χ0v) is 13.9. The molecule has 0 bridgehead atoms. The molecule has 0 saturated heterocycles. The maximum atomic E-state index is 12.1. The van der Waals surface area contributed by atoms with Crippen molar-refractivity contribution in [1.29, 1.82) is 0 Å². The first-order valence-corrected chi connectivity index (χ1v) is 9.03. The molecular formula is C15H13N5OS2. The lowest BCUT2D eigenvalue weighted by Gasteiger charge is -2.13. The van der Waals surface area contributed by atoms with Gasteiger partial charge in [0.1, 0.15) is 5.82 Å². The number of nitrogens with one attached hydrogen (secondary N) is 1. The topological polar surface area (TPSA) is 72.7 Å². The van der Waals surface area contributed by atoms with Gasteiger partial charge in [-0.25, -0.2) is 9.97 Å². The van der Waals surface area contributed by atoms with Crippen LogP contribution >= 0.6 is 23.1 Å². The molecule has 1 N–H and O–H groups in total. The summed E-state index contributed by atoms with van der Waals surface area (Å²) in [6.07, 6.45) is 3.32. The second-order valence-corrected chi connectivity index (χ2v) is 6.98. The Labute approximate surface area is 141 Å². The van der Waals surface area contributed by atoms with Crippen molar-refractivity contribution in [3.05, 3.63) is 52.1 Å². The van der Waals surface area contributed by atoms with E-state index in [-0.39, 0.29) is 11.2 Å². The van der Waals surface area contributed by atoms with Gasteiger partial charge < -0.3 is 5.32 Å². The summed E-state index contributed by atoms with van der Waals surface area (Å²) >= 11 is 3.27. The van der Waals surface area contributed by atoms with Crippen molar-refractivity contribution in [2.24, 2.45) is 0 Å². The molecule has 6 nitrogen and oxygen atoms in total. The number of amides is 1.